The Morgan fingerprint density at radius 2 is 1.20 bits per heavy atom. The molecular weight excluding hydrogens is 484 g/mol. The third-order valence-electron chi connectivity index (χ3n) is 8.49. The molecule has 0 saturated heterocycles. The molecule has 0 radical (unpaired) electrons. The van der Waals surface area contributed by atoms with Gasteiger partial charge in [-0.25, -0.2) is 0 Å². The van der Waals surface area contributed by atoms with E-state index in [2.05, 4.69) is 151 Å². The molecule has 0 spiro atoms. The fourth-order valence-corrected chi connectivity index (χ4v) is 6.74. The highest BCUT2D eigenvalue weighted by Gasteiger charge is 2.43. The van der Waals surface area contributed by atoms with Crippen molar-refractivity contribution in [3.8, 4) is 0 Å². The summed E-state index contributed by atoms with van der Waals surface area (Å²) >= 11 is 0. The number of aliphatic imine (C=N–C) groups is 1. The van der Waals surface area contributed by atoms with Crippen LogP contribution in [0.3, 0.4) is 0 Å². The van der Waals surface area contributed by atoms with Gasteiger partial charge in [0.15, 0.2) is 0 Å². The van der Waals surface area contributed by atoms with E-state index < -0.39 is 0 Å². The normalized spacial score (nSPS) is 18.1. The smallest absolute Gasteiger partial charge is 0.105 e. The van der Waals surface area contributed by atoms with E-state index in [1.54, 1.807) is 0 Å². The molecule has 0 bridgehead atoms. The summed E-state index contributed by atoms with van der Waals surface area (Å²) in [5.41, 5.74) is 8.83. The zero-order valence-corrected chi connectivity index (χ0v) is 22.3. The Balaban J connectivity index is 1.43. The first-order valence-corrected chi connectivity index (χ1v) is 14.0. The molecule has 2 heteroatoms. The fraction of sp³-hybridized carbons (Fsp3) is 0.0789. The first-order valence-electron chi connectivity index (χ1n) is 14.0. The molecule has 1 aliphatic carbocycles. The zero-order valence-electron chi connectivity index (χ0n) is 22.3. The van der Waals surface area contributed by atoms with Crippen molar-refractivity contribution in [3.05, 3.63) is 167 Å². The highest BCUT2D eigenvalue weighted by molar-refractivity contribution is 6.07. The van der Waals surface area contributed by atoms with E-state index in [0.717, 1.165) is 11.5 Å². The van der Waals surface area contributed by atoms with Crippen molar-refractivity contribution in [2.45, 2.75) is 18.9 Å². The van der Waals surface area contributed by atoms with Gasteiger partial charge in [-0.15, -0.1) is 0 Å². The Bertz CT molecular complexity index is 1980. The minimum atomic E-state index is -0.0299. The monoisotopic (exact) mass is 512 g/mol. The number of hydrogen-bond donors (Lipinski definition) is 0. The van der Waals surface area contributed by atoms with Gasteiger partial charge in [0.05, 0.1) is 5.70 Å². The van der Waals surface area contributed by atoms with E-state index in [4.69, 9.17) is 4.99 Å². The Morgan fingerprint density at radius 3 is 1.98 bits per heavy atom. The summed E-state index contributed by atoms with van der Waals surface area (Å²) in [4.78, 5) is 7.82. The highest BCUT2D eigenvalue weighted by atomic mass is 15.3. The topological polar surface area (TPSA) is 15.6 Å². The average Bonchev–Trinajstić information content (AvgIpc) is 3.35. The van der Waals surface area contributed by atoms with Crippen LogP contribution in [-0.2, 0) is 0 Å². The van der Waals surface area contributed by atoms with E-state index in [0.29, 0.717) is 0 Å². The van der Waals surface area contributed by atoms with Crippen LogP contribution in [0.1, 0.15) is 35.1 Å². The quantitative estimate of drug-likeness (QED) is 0.231. The first kappa shape index (κ1) is 23.0. The maximum atomic E-state index is 5.43. The van der Waals surface area contributed by atoms with Gasteiger partial charge in [0, 0.05) is 17.2 Å². The van der Waals surface area contributed by atoms with E-state index in [9.17, 15) is 0 Å². The Morgan fingerprint density at radius 1 is 0.575 bits per heavy atom. The Hall–Kier alpha value is -4.95. The predicted molar refractivity (Wildman–Crippen MR) is 168 cm³/mol. The number of rotatable bonds is 3. The van der Waals surface area contributed by atoms with Crippen LogP contribution in [0.25, 0.3) is 27.1 Å². The third-order valence-corrected chi connectivity index (χ3v) is 8.49. The number of anilines is 1. The van der Waals surface area contributed by atoms with Crippen LogP contribution in [0, 0.1) is 0 Å². The zero-order chi connectivity index (χ0) is 26.6. The minimum Gasteiger partial charge on any atom is -0.300 e. The molecule has 2 unspecified atom stereocenters. The molecule has 8 rings (SSSR count). The van der Waals surface area contributed by atoms with Crippen LogP contribution < -0.4 is 4.90 Å². The fourth-order valence-electron chi connectivity index (χ4n) is 6.74. The molecule has 6 aromatic carbocycles. The Kier molecular flexibility index (Phi) is 5.21. The molecule has 0 saturated carbocycles. The molecular formula is C38H28N2. The van der Waals surface area contributed by atoms with E-state index in [1.165, 1.54) is 55.1 Å². The lowest BCUT2D eigenvalue weighted by molar-refractivity contribution is 0.674. The summed E-state index contributed by atoms with van der Waals surface area (Å²) in [6.07, 6.45) is 0. The van der Waals surface area contributed by atoms with Crippen molar-refractivity contribution < 1.29 is 0 Å². The summed E-state index contributed by atoms with van der Waals surface area (Å²) in [7, 11) is 0. The number of fused-ring (bicyclic) bond motifs is 4. The van der Waals surface area contributed by atoms with Gasteiger partial charge in [-0.05, 0) is 68.9 Å². The summed E-state index contributed by atoms with van der Waals surface area (Å²) in [5.74, 6) is 1.15. The van der Waals surface area contributed by atoms with Crippen LogP contribution in [0.2, 0.25) is 0 Å². The third kappa shape index (κ3) is 3.53. The number of amidine groups is 1. The lowest BCUT2D eigenvalue weighted by atomic mass is 9.73. The summed E-state index contributed by atoms with van der Waals surface area (Å²) in [6, 6.07) is 50.7. The van der Waals surface area contributed by atoms with Gasteiger partial charge >= 0.3 is 0 Å². The second-order valence-electron chi connectivity index (χ2n) is 10.8. The maximum Gasteiger partial charge on any atom is 0.105 e. The van der Waals surface area contributed by atoms with Gasteiger partial charge in [0.1, 0.15) is 11.9 Å². The molecule has 2 aliphatic rings. The molecule has 1 heterocycles. The molecule has 40 heavy (non-hydrogen) atoms. The summed E-state index contributed by atoms with van der Waals surface area (Å²) < 4.78 is 0. The molecule has 0 amide bonds. The predicted octanol–water partition coefficient (Wildman–Crippen LogP) is 9.21. The Labute approximate surface area is 234 Å². The SMILES string of the molecule is CC1=NC2C(=C(c3ccc4ccccc4c3)c3ccccc3C2c2ccc3ccccc3c2)N1c1ccccc1. The number of hydrogen-bond acceptors (Lipinski definition) is 2. The van der Waals surface area contributed by atoms with Crippen molar-refractivity contribution in [3.63, 3.8) is 0 Å². The molecule has 190 valence electrons. The van der Waals surface area contributed by atoms with Gasteiger partial charge in [-0.1, -0.05) is 121 Å². The van der Waals surface area contributed by atoms with Gasteiger partial charge in [0.2, 0.25) is 0 Å². The van der Waals surface area contributed by atoms with Crippen molar-refractivity contribution in [1.82, 2.24) is 0 Å². The van der Waals surface area contributed by atoms with E-state index >= 15 is 0 Å². The van der Waals surface area contributed by atoms with Crippen molar-refractivity contribution in [1.29, 1.82) is 0 Å². The second kappa shape index (κ2) is 9.07. The van der Waals surface area contributed by atoms with Crippen molar-refractivity contribution in [2.24, 2.45) is 4.99 Å². The number of para-hydroxylation sites is 1. The number of nitrogens with zero attached hydrogens (tertiary/aromatic N) is 2. The van der Waals surface area contributed by atoms with Crippen LogP contribution >= 0.6 is 0 Å². The molecule has 2 nitrogen and oxygen atoms in total. The molecule has 1 aliphatic heterocycles. The van der Waals surface area contributed by atoms with Gasteiger partial charge in [-0.3, -0.25) is 9.89 Å². The maximum absolute atomic E-state index is 5.43. The van der Waals surface area contributed by atoms with Crippen LogP contribution in [0.5, 0.6) is 0 Å². The molecule has 0 fully saturated rings. The van der Waals surface area contributed by atoms with Gasteiger partial charge < -0.3 is 0 Å². The van der Waals surface area contributed by atoms with Crippen LogP contribution in [0.15, 0.2) is 150 Å². The van der Waals surface area contributed by atoms with Crippen molar-refractivity contribution >= 4 is 38.6 Å². The van der Waals surface area contributed by atoms with Crippen LogP contribution in [-0.4, -0.2) is 11.9 Å². The molecule has 2 atom stereocenters. The standard InChI is InChI=1S/C38H28N2/c1-25-39-37-35(30-21-19-26-11-5-7-13-28(26)23-30)33-17-9-10-18-34(33)36(38(37)40(25)32-15-3-2-4-16-32)31-22-20-27-12-6-8-14-29(27)24-31/h2-24,35,37H,1H3. The first-order chi connectivity index (χ1) is 19.8. The minimum absolute atomic E-state index is 0.0299. The van der Waals surface area contributed by atoms with E-state index in [-0.39, 0.29) is 12.0 Å². The average molecular weight is 513 g/mol. The molecule has 6 aromatic rings. The highest BCUT2D eigenvalue weighted by Crippen LogP contribution is 2.50. The number of benzene rings is 6. The van der Waals surface area contributed by atoms with Crippen LogP contribution in [0.4, 0.5) is 5.69 Å². The van der Waals surface area contributed by atoms with Crippen molar-refractivity contribution in [2.75, 3.05) is 4.90 Å². The van der Waals surface area contributed by atoms with Gasteiger partial charge in [0.25, 0.3) is 0 Å². The van der Waals surface area contributed by atoms with Gasteiger partial charge in [-0.2, -0.15) is 0 Å². The molecule has 0 N–H and O–H groups in total. The summed E-state index contributed by atoms with van der Waals surface area (Å²) in [5, 5.41) is 5.04. The lowest BCUT2D eigenvalue weighted by Crippen LogP contribution is -2.32. The largest absolute Gasteiger partial charge is 0.300 e. The van der Waals surface area contributed by atoms with E-state index in [1.807, 2.05) is 0 Å². The summed E-state index contributed by atoms with van der Waals surface area (Å²) in [6.45, 7) is 2.15. The second-order valence-corrected chi connectivity index (χ2v) is 10.8. The molecule has 0 aromatic heterocycles. The lowest BCUT2D eigenvalue weighted by Gasteiger charge is -2.36.